The summed E-state index contributed by atoms with van der Waals surface area (Å²) in [4.78, 5) is 12.2. The van der Waals surface area contributed by atoms with E-state index in [-0.39, 0.29) is 18.2 Å². The summed E-state index contributed by atoms with van der Waals surface area (Å²) < 4.78 is 11.4. The second kappa shape index (κ2) is 9.99. The average molecular weight is 361 g/mol. The molecule has 1 fully saturated rings. The maximum absolute atomic E-state index is 12.2. The van der Waals surface area contributed by atoms with E-state index in [0.29, 0.717) is 11.8 Å². The minimum absolute atomic E-state index is 0.00845. The standard InChI is InChI=1S/C23H36O3/c1-5-9-20(16-18(3)4)19-10-12-21(13-11-19)25-17-22(24)26-23(6-2)14-7-8-15-23/h10-13,18,20H,5-9,14-17H2,1-4H3. The molecule has 1 saturated carbocycles. The summed E-state index contributed by atoms with van der Waals surface area (Å²) >= 11 is 0. The largest absolute Gasteiger partial charge is 0.482 e. The van der Waals surface area contributed by atoms with Crippen LogP contribution in [0.25, 0.3) is 0 Å². The number of carbonyl (C=O) groups excluding carboxylic acids is 1. The predicted octanol–water partition coefficient (Wildman–Crippen LogP) is 6.26. The normalized spacial score (nSPS) is 17.3. The highest BCUT2D eigenvalue weighted by atomic mass is 16.6. The minimum Gasteiger partial charge on any atom is -0.482 e. The Bertz CT molecular complexity index is 541. The molecular weight excluding hydrogens is 324 g/mol. The van der Waals surface area contributed by atoms with E-state index in [0.717, 1.165) is 37.9 Å². The minimum atomic E-state index is -0.249. The van der Waals surface area contributed by atoms with Gasteiger partial charge in [-0.05, 0) is 74.5 Å². The summed E-state index contributed by atoms with van der Waals surface area (Å²) in [5, 5.41) is 0. The van der Waals surface area contributed by atoms with Crippen molar-refractivity contribution in [2.24, 2.45) is 5.92 Å². The molecule has 0 bridgehead atoms. The lowest BCUT2D eigenvalue weighted by atomic mass is 9.87. The molecule has 1 aromatic rings. The van der Waals surface area contributed by atoms with Crippen LogP contribution in [-0.2, 0) is 9.53 Å². The third-order valence-electron chi connectivity index (χ3n) is 5.59. The van der Waals surface area contributed by atoms with Gasteiger partial charge in [0.15, 0.2) is 6.61 Å². The van der Waals surface area contributed by atoms with Crippen LogP contribution in [0, 0.1) is 5.92 Å². The predicted molar refractivity (Wildman–Crippen MR) is 107 cm³/mol. The van der Waals surface area contributed by atoms with Crippen LogP contribution in [-0.4, -0.2) is 18.2 Å². The highest BCUT2D eigenvalue weighted by molar-refractivity contribution is 5.71. The summed E-state index contributed by atoms with van der Waals surface area (Å²) in [6, 6.07) is 8.26. The molecule has 0 aromatic heterocycles. The van der Waals surface area contributed by atoms with E-state index in [9.17, 15) is 4.79 Å². The summed E-state index contributed by atoms with van der Waals surface area (Å²) in [6.45, 7) is 8.88. The maximum Gasteiger partial charge on any atom is 0.344 e. The van der Waals surface area contributed by atoms with E-state index in [1.54, 1.807) is 0 Å². The first-order chi connectivity index (χ1) is 12.5. The first-order valence-electron chi connectivity index (χ1n) is 10.4. The molecule has 1 atom stereocenters. The lowest BCUT2D eigenvalue weighted by Crippen LogP contribution is -2.33. The van der Waals surface area contributed by atoms with Crippen molar-refractivity contribution >= 4 is 5.97 Å². The summed E-state index contributed by atoms with van der Waals surface area (Å²) in [5.74, 6) is 1.79. The lowest BCUT2D eigenvalue weighted by Gasteiger charge is -2.27. The Morgan fingerprint density at radius 1 is 1.12 bits per heavy atom. The highest BCUT2D eigenvalue weighted by Crippen LogP contribution is 2.36. The molecule has 1 aliphatic carbocycles. The van der Waals surface area contributed by atoms with Gasteiger partial charge in [0.05, 0.1) is 0 Å². The van der Waals surface area contributed by atoms with Crippen molar-refractivity contribution in [1.82, 2.24) is 0 Å². The second-order valence-corrected chi connectivity index (χ2v) is 8.19. The first kappa shape index (κ1) is 20.8. The van der Waals surface area contributed by atoms with Gasteiger partial charge in [0.25, 0.3) is 0 Å². The zero-order valence-electron chi connectivity index (χ0n) is 17.1. The number of esters is 1. The fourth-order valence-electron chi connectivity index (χ4n) is 4.13. The first-order valence-corrected chi connectivity index (χ1v) is 10.4. The highest BCUT2D eigenvalue weighted by Gasteiger charge is 2.35. The number of benzene rings is 1. The van der Waals surface area contributed by atoms with Crippen LogP contribution in [0.2, 0.25) is 0 Å². The Balaban J connectivity index is 1.87. The van der Waals surface area contributed by atoms with Gasteiger partial charge >= 0.3 is 5.97 Å². The molecule has 0 saturated heterocycles. The number of hydrogen-bond donors (Lipinski definition) is 0. The van der Waals surface area contributed by atoms with Crippen molar-refractivity contribution in [3.63, 3.8) is 0 Å². The monoisotopic (exact) mass is 360 g/mol. The van der Waals surface area contributed by atoms with Crippen molar-refractivity contribution in [1.29, 1.82) is 0 Å². The number of rotatable bonds is 10. The quantitative estimate of drug-likeness (QED) is 0.462. The van der Waals surface area contributed by atoms with Gasteiger partial charge in [0, 0.05) is 0 Å². The fraction of sp³-hybridized carbons (Fsp3) is 0.696. The van der Waals surface area contributed by atoms with Crippen LogP contribution in [0.5, 0.6) is 5.75 Å². The molecule has 0 heterocycles. The molecule has 1 unspecified atom stereocenters. The average Bonchev–Trinajstić information content (AvgIpc) is 3.09. The fourth-order valence-corrected chi connectivity index (χ4v) is 4.13. The molecule has 1 aromatic carbocycles. The Morgan fingerprint density at radius 2 is 1.77 bits per heavy atom. The third kappa shape index (κ3) is 6.03. The summed E-state index contributed by atoms with van der Waals surface area (Å²) in [7, 11) is 0. The summed E-state index contributed by atoms with van der Waals surface area (Å²) in [6.07, 6.45) is 8.78. The Morgan fingerprint density at radius 3 is 2.31 bits per heavy atom. The number of hydrogen-bond acceptors (Lipinski definition) is 3. The van der Waals surface area contributed by atoms with E-state index in [1.807, 2.05) is 12.1 Å². The van der Waals surface area contributed by atoms with Gasteiger partial charge in [0.2, 0.25) is 0 Å². The molecule has 2 rings (SSSR count). The van der Waals surface area contributed by atoms with Gasteiger partial charge in [-0.15, -0.1) is 0 Å². The van der Waals surface area contributed by atoms with Crippen LogP contribution >= 0.6 is 0 Å². The van der Waals surface area contributed by atoms with Gasteiger partial charge in [-0.1, -0.05) is 46.2 Å². The van der Waals surface area contributed by atoms with E-state index < -0.39 is 0 Å². The Kier molecular flexibility index (Phi) is 7.99. The zero-order valence-corrected chi connectivity index (χ0v) is 17.1. The second-order valence-electron chi connectivity index (χ2n) is 8.19. The lowest BCUT2D eigenvalue weighted by molar-refractivity contribution is -0.162. The summed E-state index contributed by atoms with van der Waals surface area (Å²) in [5.41, 5.74) is 1.13. The van der Waals surface area contributed by atoms with Gasteiger partial charge in [-0.3, -0.25) is 0 Å². The molecule has 26 heavy (non-hydrogen) atoms. The molecular formula is C23H36O3. The van der Waals surface area contributed by atoms with Crippen molar-refractivity contribution < 1.29 is 14.3 Å². The van der Waals surface area contributed by atoms with E-state index in [2.05, 4.69) is 39.8 Å². The SMILES string of the molecule is CCCC(CC(C)C)c1ccc(OCC(=O)OC2(CC)CCCC2)cc1. The molecule has 0 aliphatic heterocycles. The van der Waals surface area contributed by atoms with E-state index in [4.69, 9.17) is 9.47 Å². The number of ether oxygens (including phenoxy) is 2. The van der Waals surface area contributed by atoms with Gasteiger partial charge in [-0.25, -0.2) is 4.79 Å². The van der Waals surface area contributed by atoms with Crippen LogP contribution < -0.4 is 4.74 Å². The van der Waals surface area contributed by atoms with Gasteiger partial charge in [-0.2, -0.15) is 0 Å². The molecule has 0 radical (unpaired) electrons. The Hall–Kier alpha value is -1.51. The molecule has 146 valence electrons. The van der Waals surface area contributed by atoms with Gasteiger partial charge in [0.1, 0.15) is 11.4 Å². The van der Waals surface area contributed by atoms with Crippen LogP contribution in [0.3, 0.4) is 0 Å². The van der Waals surface area contributed by atoms with Crippen LogP contribution in [0.15, 0.2) is 24.3 Å². The molecule has 1 aliphatic rings. The molecule has 0 spiro atoms. The zero-order chi connectivity index (χ0) is 19.0. The molecule has 0 amide bonds. The van der Waals surface area contributed by atoms with Gasteiger partial charge < -0.3 is 9.47 Å². The number of carbonyl (C=O) groups is 1. The van der Waals surface area contributed by atoms with Crippen molar-refractivity contribution in [2.45, 2.75) is 90.6 Å². The smallest absolute Gasteiger partial charge is 0.344 e. The van der Waals surface area contributed by atoms with E-state index >= 15 is 0 Å². The van der Waals surface area contributed by atoms with Crippen molar-refractivity contribution in [2.75, 3.05) is 6.61 Å². The Labute approximate surface area is 159 Å². The maximum atomic E-state index is 12.2. The third-order valence-corrected chi connectivity index (χ3v) is 5.59. The van der Waals surface area contributed by atoms with Crippen LogP contribution in [0.4, 0.5) is 0 Å². The molecule has 0 N–H and O–H groups in total. The van der Waals surface area contributed by atoms with Crippen molar-refractivity contribution in [3.05, 3.63) is 29.8 Å². The van der Waals surface area contributed by atoms with E-state index in [1.165, 1.54) is 24.8 Å². The van der Waals surface area contributed by atoms with Crippen LogP contribution in [0.1, 0.15) is 90.5 Å². The molecule has 3 heteroatoms. The molecule has 3 nitrogen and oxygen atoms in total. The topological polar surface area (TPSA) is 35.5 Å². The van der Waals surface area contributed by atoms with Crippen molar-refractivity contribution in [3.8, 4) is 5.75 Å².